The van der Waals surface area contributed by atoms with Crippen LogP contribution in [-0.2, 0) is 14.9 Å². The van der Waals surface area contributed by atoms with Crippen LogP contribution < -0.4 is 5.32 Å². The first-order chi connectivity index (χ1) is 14.6. The summed E-state index contributed by atoms with van der Waals surface area (Å²) in [5, 5.41) is 3.74. The van der Waals surface area contributed by atoms with Gasteiger partial charge in [-0.2, -0.15) is 0 Å². The number of hydrogen-bond donors (Lipinski definition) is 1. The second kappa shape index (κ2) is 9.29. The minimum atomic E-state index is -0.251. The Labute approximate surface area is 180 Å². The number of amides is 1. The number of benzene rings is 1. The zero-order chi connectivity index (χ0) is 21.0. The quantitative estimate of drug-likeness (QED) is 0.781. The van der Waals surface area contributed by atoms with Gasteiger partial charge in [-0.1, -0.05) is 23.7 Å². The van der Waals surface area contributed by atoms with Crippen molar-refractivity contribution in [3.63, 3.8) is 0 Å². The number of carbonyl (C=O) groups excluding carboxylic acids is 1. The molecule has 30 heavy (non-hydrogen) atoms. The van der Waals surface area contributed by atoms with E-state index in [2.05, 4.69) is 10.3 Å². The highest BCUT2D eigenvalue weighted by atomic mass is 35.5. The molecule has 0 spiro atoms. The molecule has 2 fully saturated rings. The van der Waals surface area contributed by atoms with Crippen LogP contribution in [0.2, 0.25) is 5.02 Å². The molecule has 1 amide bonds. The fraction of sp³-hybridized carbons (Fsp3) is 0.455. The van der Waals surface area contributed by atoms with Crippen LogP contribution in [0.3, 0.4) is 0 Å². The predicted octanol–water partition coefficient (Wildman–Crippen LogP) is 3.51. The topological polar surface area (TPSA) is 63.7 Å². The van der Waals surface area contributed by atoms with Crippen LogP contribution in [0.1, 0.15) is 28.8 Å². The van der Waals surface area contributed by atoms with Gasteiger partial charge in [-0.05, 0) is 36.6 Å². The van der Waals surface area contributed by atoms with Crippen LogP contribution >= 0.6 is 11.6 Å². The number of carbonyl (C=O) groups is 1. The first-order valence-electron chi connectivity index (χ1n) is 10.2. The van der Waals surface area contributed by atoms with Crippen molar-refractivity contribution in [1.29, 1.82) is 0 Å². The fourth-order valence-corrected chi connectivity index (χ4v) is 4.25. The molecule has 0 radical (unpaired) electrons. The maximum absolute atomic E-state index is 13.4. The van der Waals surface area contributed by atoms with E-state index in [1.807, 2.05) is 12.1 Å². The van der Waals surface area contributed by atoms with Crippen molar-refractivity contribution in [2.24, 2.45) is 0 Å². The number of anilines is 1. The van der Waals surface area contributed by atoms with Gasteiger partial charge >= 0.3 is 0 Å². The van der Waals surface area contributed by atoms with Gasteiger partial charge in [-0.3, -0.25) is 4.79 Å². The highest BCUT2D eigenvalue weighted by Gasteiger charge is 2.34. The molecule has 0 atom stereocenters. The summed E-state index contributed by atoms with van der Waals surface area (Å²) >= 11 is 6.45. The lowest BCUT2D eigenvalue weighted by atomic mass is 9.74. The number of nitrogens with one attached hydrogen (secondary N) is 1. The van der Waals surface area contributed by atoms with Gasteiger partial charge in [0.25, 0.3) is 5.91 Å². The summed E-state index contributed by atoms with van der Waals surface area (Å²) in [5.74, 6) is 0.189. The number of halogens is 2. The van der Waals surface area contributed by atoms with Gasteiger partial charge in [0.1, 0.15) is 11.6 Å². The summed E-state index contributed by atoms with van der Waals surface area (Å²) in [7, 11) is 0. The van der Waals surface area contributed by atoms with Crippen molar-refractivity contribution in [2.45, 2.75) is 18.3 Å². The van der Waals surface area contributed by atoms with Crippen molar-refractivity contribution in [1.82, 2.24) is 9.88 Å². The average Bonchev–Trinajstić information content (AvgIpc) is 2.79. The van der Waals surface area contributed by atoms with E-state index in [9.17, 15) is 9.18 Å². The molecular weight excluding hydrogens is 409 g/mol. The molecule has 4 rings (SSSR count). The molecule has 2 saturated heterocycles. The Bertz CT molecular complexity index is 882. The number of ether oxygens (including phenoxy) is 2. The summed E-state index contributed by atoms with van der Waals surface area (Å²) in [6.07, 6.45) is 3.19. The smallest absolute Gasteiger partial charge is 0.255 e. The third-order valence-corrected chi connectivity index (χ3v) is 6.18. The van der Waals surface area contributed by atoms with Crippen LogP contribution in [-0.4, -0.2) is 61.9 Å². The van der Waals surface area contributed by atoms with E-state index in [0.29, 0.717) is 62.5 Å². The molecule has 1 aromatic carbocycles. The standard InChI is InChI=1S/C22H25ClFN3O3/c23-19-13-16(21(28)27-7-11-30-12-8-27)14-25-20(19)26-15-22(5-9-29-10-6-22)17-1-3-18(24)4-2-17/h1-4,13-14H,5-12,15H2,(H,25,26). The molecule has 0 bridgehead atoms. The van der Waals surface area contributed by atoms with Crippen molar-refractivity contribution >= 4 is 23.3 Å². The Morgan fingerprint density at radius 3 is 2.47 bits per heavy atom. The first kappa shape index (κ1) is 21.0. The van der Waals surface area contributed by atoms with Crippen molar-refractivity contribution in [3.8, 4) is 0 Å². The molecule has 0 aliphatic carbocycles. The van der Waals surface area contributed by atoms with E-state index in [-0.39, 0.29) is 17.1 Å². The lowest BCUT2D eigenvalue weighted by Crippen LogP contribution is -2.41. The number of hydrogen-bond acceptors (Lipinski definition) is 5. The van der Waals surface area contributed by atoms with Crippen LogP contribution in [0.15, 0.2) is 36.5 Å². The zero-order valence-electron chi connectivity index (χ0n) is 16.7. The van der Waals surface area contributed by atoms with Gasteiger partial charge in [0, 0.05) is 44.5 Å². The molecule has 1 aromatic heterocycles. The van der Waals surface area contributed by atoms with E-state index in [0.717, 1.165) is 18.4 Å². The third kappa shape index (κ3) is 4.58. The molecule has 3 heterocycles. The second-order valence-corrected chi connectivity index (χ2v) is 8.12. The molecule has 8 heteroatoms. The maximum atomic E-state index is 13.4. The number of aromatic nitrogens is 1. The Kier molecular flexibility index (Phi) is 6.51. The largest absolute Gasteiger partial charge is 0.381 e. The van der Waals surface area contributed by atoms with Crippen LogP contribution in [0.5, 0.6) is 0 Å². The van der Waals surface area contributed by atoms with Gasteiger partial charge in [-0.25, -0.2) is 9.37 Å². The van der Waals surface area contributed by atoms with E-state index in [1.165, 1.54) is 12.1 Å². The average molecular weight is 434 g/mol. The van der Waals surface area contributed by atoms with Crippen LogP contribution in [0, 0.1) is 5.82 Å². The summed E-state index contributed by atoms with van der Waals surface area (Å²) < 4.78 is 24.3. The SMILES string of the molecule is O=C(c1cnc(NCC2(c3ccc(F)cc3)CCOCC2)c(Cl)c1)N1CCOCC1. The Hall–Kier alpha value is -2.22. The summed E-state index contributed by atoms with van der Waals surface area (Å²) in [5.41, 5.74) is 1.33. The Morgan fingerprint density at radius 2 is 1.80 bits per heavy atom. The molecule has 0 unspecified atom stereocenters. The zero-order valence-corrected chi connectivity index (χ0v) is 17.5. The minimum Gasteiger partial charge on any atom is -0.381 e. The number of rotatable bonds is 5. The molecule has 2 aliphatic heterocycles. The summed E-state index contributed by atoms with van der Waals surface area (Å²) in [4.78, 5) is 18.8. The van der Waals surface area contributed by atoms with E-state index < -0.39 is 0 Å². The highest BCUT2D eigenvalue weighted by molar-refractivity contribution is 6.33. The van der Waals surface area contributed by atoms with Gasteiger partial charge in [-0.15, -0.1) is 0 Å². The normalized spacial score (nSPS) is 18.8. The van der Waals surface area contributed by atoms with Gasteiger partial charge < -0.3 is 19.7 Å². The van der Waals surface area contributed by atoms with Crippen molar-refractivity contribution < 1.29 is 18.7 Å². The van der Waals surface area contributed by atoms with E-state index >= 15 is 0 Å². The summed E-state index contributed by atoms with van der Waals surface area (Å²) in [6, 6.07) is 8.31. The Balaban J connectivity index is 1.48. The number of pyridine rings is 1. The van der Waals surface area contributed by atoms with Crippen molar-refractivity contribution in [2.75, 3.05) is 51.4 Å². The molecule has 0 saturated carbocycles. The highest BCUT2D eigenvalue weighted by Crippen LogP contribution is 2.36. The predicted molar refractivity (Wildman–Crippen MR) is 113 cm³/mol. The maximum Gasteiger partial charge on any atom is 0.255 e. The van der Waals surface area contributed by atoms with Crippen LogP contribution in [0.4, 0.5) is 10.2 Å². The molecule has 1 N–H and O–H groups in total. The third-order valence-electron chi connectivity index (χ3n) is 5.89. The van der Waals surface area contributed by atoms with Crippen molar-refractivity contribution in [3.05, 3.63) is 58.5 Å². The molecular formula is C22H25ClFN3O3. The first-order valence-corrected chi connectivity index (χ1v) is 10.6. The van der Waals surface area contributed by atoms with E-state index in [1.54, 1.807) is 17.2 Å². The lowest BCUT2D eigenvalue weighted by Gasteiger charge is -2.38. The minimum absolute atomic E-state index is 0.0912. The molecule has 2 aromatic rings. The van der Waals surface area contributed by atoms with Crippen LogP contribution in [0.25, 0.3) is 0 Å². The van der Waals surface area contributed by atoms with Gasteiger partial charge in [0.05, 0.1) is 23.8 Å². The number of morpholine rings is 1. The molecule has 160 valence electrons. The Morgan fingerprint density at radius 1 is 1.13 bits per heavy atom. The van der Waals surface area contributed by atoms with Gasteiger partial charge in [0.15, 0.2) is 0 Å². The molecule has 6 nitrogen and oxygen atoms in total. The van der Waals surface area contributed by atoms with Gasteiger partial charge in [0.2, 0.25) is 0 Å². The molecule has 2 aliphatic rings. The number of nitrogens with zero attached hydrogens (tertiary/aromatic N) is 2. The van der Waals surface area contributed by atoms with E-state index in [4.69, 9.17) is 21.1 Å². The second-order valence-electron chi connectivity index (χ2n) is 7.71. The fourth-order valence-electron chi connectivity index (χ4n) is 4.02. The summed E-state index contributed by atoms with van der Waals surface area (Å²) in [6.45, 7) is 4.10. The lowest BCUT2D eigenvalue weighted by molar-refractivity contribution is 0.0302. The monoisotopic (exact) mass is 433 g/mol.